The maximum atomic E-state index is 10.0. The molecule has 1 unspecified atom stereocenters. The van der Waals surface area contributed by atoms with Crippen molar-refractivity contribution in [2.75, 3.05) is 9.80 Å². The fraction of sp³-hybridized carbons (Fsp3) is 0.0125. The number of aromatic nitrogens is 1. The van der Waals surface area contributed by atoms with Crippen molar-refractivity contribution in [1.29, 1.82) is 10.7 Å². The van der Waals surface area contributed by atoms with Crippen molar-refractivity contribution < 1.29 is 17.7 Å². The van der Waals surface area contributed by atoms with Gasteiger partial charge in [0.2, 0.25) is 12.2 Å². The first-order chi connectivity index (χ1) is 46.0. The van der Waals surface area contributed by atoms with E-state index < -0.39 is 6.29 Å². The van der Waals surface area contributed by atoms with Crippen molar-refractivity contribution in [3.05, 3.63) is 273 Å². The summed E-state index contributed by atoms with van der Waals surface area (Å²) in [5.41, 5.74) is 15.6. The Balaban J connectivity index is 0.961. The maximum Gasteiger partial charge on any atom is 0.227 e. The number of aliphatic imine (C=N–C) groups is 3. The summed E-state index contributed by atoms with van der Waals surface area (Å²) < 4.78 is 29.9. The van der Waals surface area contributed by atoms with E-state index in [4.69, 9.17) is 22.7 Å². The quantitative estimate of drug-likeness (QED) is 0.0903. The van der Waals surface area contributed by atoms with Crippen LogP contribution in [0.5, 0.6) is 0 Å². The highest BCUT2D eigenvalue weighted by Gasteiger charge is 2.33. The molecular weight excluding hydrogens is 1150 g/mol. The van der Waals surface area contributed by atoms with E-state index in [1.165, 1.54) is 0 Å². The monoisotopic (exact) mass is 1200 g/mol. The van der Waals surface area contributed by atoms with E-state index in [1.54, 1.807) is 17.6 Å². The molecule has 1 atom stereocenters. The van der Waals surface area contributed by atoms with Crippen LogP contribution in [0.15, 0.2) is 306 Å². The average molecular weight is 1200 g/mol. The summed E-state index contributed by atoms with van der Waals surface area (Å²) in [5.74, 6) is 2.75. The van der Waals surface area contributed by atoms with E-state index in [-0.39, 0.29) is 5.96 Å². The molecule has 13 nitrogen and oxygen atoms in total. The van der Waals surface area contributed by atoms with Crippen molar-refractivity contribution >= 4 is 113 Å². The minimum absolute atomic E-state index is 0.197. The Bertz CT molecular complexity index is 5700. The largest absolute Gasteiger partial charge is 0.456 e. The predicted octanol–water partition coefficient (Wildman–Crippen LogP) is 20.5. The second-order valence-electron chi connectivity index (χ2n) is 22.6. The van der Waals surface area contributed by atoms with E-state index in [0.29, 0.717) is 39.5 Å². The number of furan rings is 4. The number of nitriles is 1. The number of para-hydroxylation sites is 2. The molecule has 17 rings (SSSR count). The molecule has 13 heteroatoms. The number of guanidine groups is 1. The van der Waals surface area contributed by atoms with Crippen LogP contribution in [-0.4, -0.2) is 35.7 Å². The Morgan fingerprint density at radius 1 is 0.473 bits per heavy atom. The predicted molar refractivity (Wildman–Crippen MR) is 375 cm³/mol. The second kappa shape index (κ2) is 22.5. The molecule has 1 aliphatic heterocycles. The van der Waals surface area contributed by atoms with Crippen LogP contribution in [0.3, 0.4) is 0 Å². The van der Waals surface area contributed by atoms with Gasteiger partial charge in [-0.1, -0.05) is 164 Å². The van der Waals surface area contributed by atoms with Gasteiger partial charge in [-0.15, -0.1) is 0 Å². The van der Waals surface area contributed by atoms with Crippen molar-refractivity contribution in [3.8, 4) is 79.3 Å². The Kier molecular flexibility index (Phi) is 13.1. The van der Waals surface area contributed by atoms with Gasteiger partial charge in [-0.25, -0.2) is 15.0 Å². The summed E-state index contributed by atoms with van der Waals surface area (Å²) in [4.78, 5) is 17.9. The molecule has 0 aliphatic carbocycles. The van der Waals surface area contributed by atoms with Gasteiger partial charge in [-0.2, -0.15) is 5.26 Å². The van der Waals surface area contributed by atoms with Crippen molar-refractivity contribution in [1.82, 2.24) is 9.88 Å². The zero-order chi connectivity index (χ0) is 61.9. The number of hydrogen-bond acceptors (Lipinski definition) is 10. The first-order valence-corrected chi connectivity index (χ1v) is 30.4. The van der Waals surface area contributed by atoms with E-state index in [9.17, 15) is 10.7 Å². The summed E-state index contributed by atoms with van der Waals surface area (Å²) in [6.07, 6.45) is 3.66. The molecule has 0 fully saturated rings. The topological polar surface area (TPSA) is 161 Å². The van der Waals surface area contributed by atoms with Gasteiger partial charge in [0.1, 0.15) is 64.0 Å². The molecule has 0 spiro atoms. The van der Waals surface area contributed by atoms with Gasteiger partial charge in [-0.05, 0) is 131 Å². The molecule has 440 valence electrons. The lowest BCUT2D eigenvalue weighted by atomic mass is 9.94. The van der Waals surface area contributed by atoms with E-state index >= 15 is 0 Å². The molecule has 0 saturated heterocycles. The van der Waals surface area contributed by atoms with Gasteiger partial charge in [-0.3, -0.25) is 10.3 Å². The van der Waals surface area contributed by atoms with E-state index in [1.807, 2.05) is 170 Å². The summed E-state index contributed by atoms with van der Waals surface area (Å²) in [5, 5.41) is 28.3. The van der Waals surface area contributed by atoms with Crippen LogP contribution in [0.2, 0.25) is 0 Å². The smallest absolute Gasteiger partial charge is 0.227 e. The van der Waals surface area contributed by atoms with Crippen molar-refractivity contribution in [2.24, 2.45) is 15.0 Å². The number of nitrogens with zero attached hydrogens (tertiary/aromatic N) is 7. The zero-order valence-electron chi connectivity index (χ0n) is 49.6. The van der Waals surface area contributed by atoms with Gasteiger partial charge in [0.15, 0.2) is 0 Å². The fourth-order valence-electron chi connectivity index (χ4n) is 13.2. The molecule has 1 aliphatic rings. The molecule has 0 saturated carbocycles. The molecule has 16 aromatic rings. The Morgan fingerprint density at radius 3 is 1.45 bits per heavy atom. The standard InChI is InChI=1S/C80H51N9O4/c81-43-44-84-79(82)88(56-33-29-54(30-34-56)69-41-39-67(90-69)52-21-9-3-10-22-52)63-46-65-75(77-73(63)60-25-13-15-27-71(60)92-77)76-66(87(65)58-37-38-59(50-17-5-1-6-18-50)62(45-58)51-19-7-2-8-20-51)47-64(74-61-26-14-16-28-72(61)93-78(74)76)89(80-85-48-83-49-86-80)57-35-31-55(32-36-57)70-42-40-68(91-70)53-23-11-4-12-24-53/h1-42,44-49,80,82H,(H,83,85,86). The molecule has 0 radical (unpaired) electrons. The molecule has 93 heavy (non-hydrogen) atoms. The van der Waals surface area contributed by atoms with Crippen LogP contribution in [0.25, 0.3) is 139 Å². The van der Waals surface area contributed by atoms with Crippen LogP contribution < -0.4 is 15.1 Å². The highest BCUT2D eigenvalue weighted by molar-refractivity contribution is 6.35. The number of benzene rings is 11. The third kappa shape index (κ3) is 9.32. The number of anilines is 4. The van der Waals surface area contributed by atoms with Gasteiger partial charge in [0.05, 0.1) is 50.3 Å². The lowest BCUT2D eigenvalue weighted by Crippen LogP contribution is -2.42. The van der Waals surface area contributed by atoms with Crippen LogP contribution in [0.4, 0.5) is 22.7 Å². The third-order valence-electron chi connectivity index (χ3n) is 17.3. The lowest BCUT2D eigenvalue weighted by Gasteiger charge is -2.32. The van der Waals surface area contributed by atoms with Crippen molar-refractivity contribution in [2.45, 2.75) is 6.29 Å². The molecule has 6 heterocycles. The summed E-state index contributed by atoms with van der Waals surface area (Å²) in [7, 11) is 0. The van der Waals surface area contributed by atoms with Gasteiger partial charge < -0.3 is 32.5 Å². The van der Waals surface area contributed by atoms with E-state index in [2.05, 4.69) is 134 Å². The Morgan fingerprint density at radius 2 is 0.935 bits per heavy atom. The minimum Gasteiger partial charge on any atom is -0.456 e. The molecular formula is C80H51N9O4. The van der Waals surface area contributed by atoms with E-state index in [0.717, 1.165) is 128 Å². The highest BCUT2D eigenvalue weighted by Crippen LogP contribution is 2.53. The highest BCUT2D eigenvalue weighted by atomic mass is 16.3. The Hall–Kier alpha value is -13.1. The van der Waals surface area contributed by atoms with Gasteiger partial charge >= 0.3 is 0 Å². The summed E-state index contributed by atoms with van der Waals surface area (Å²) in [6.45, 7) is 0. The zero-order valence-corrected chi connectivity index (χ0v) is 49.6. The molecule has 5 aromatic heterocycles. The number of hydrogen-bond donors (Lipinski definition) is 2. The summed E-state index contributed by atoms with van der Waals surface area (Å²) >= 11 is 0. The molecule has 0 bridgehead atoms. The third-order valence-corrected chi connectivity index (χ3v) is 17.3. The molecule has 0 amide bonds. The fourth-order valence-corrected chi connectivity index (χ4v) is 13.2. The second-order valence-corrected chi connectivity index (χ2v) is 22.6. The lowest BCUT2D eigenvalue weighted by molar-refractivity contribution is 0.597. The summed E-state index contributed by atoms with van der Waals surface area (Å²) in [6, 6.07) is 94.3. The van der Waals surface area contributed by atoms with Crippen LogP contribution in [-0.2, 0) is 0 Å². The molecule has 11 aromatic carbocycles. The van der Waals surface area contributed by atoms with Crippen LogP contribution >= 0.6 is 0 Å². The minimum atomic E-state index is -0.670. The van der Waals surface area contributed by atoms with Crippen LogP contribution in [0.1, 0.15) is 0 Å². The Labute approximate surface area is 532 Å². The molecule has 2 N–H and O–H groups in total. The number of rotatable bonds is 12. The SMILES string of the molecule is N#CC=NC(=N)N(c1ccc(-c2ccc(-c3ccccc3)o2)cc1)c1cc2c(c3oc4ccccc4c13)c1c3oc4ccccc4c3c(N(c3ccc(-c4ccc(-c5ccccc5)o4)cc3)C3N=CN=CN3)cc1n2-c1ccc(-c2ccccc2)c(-c2ccccc2)c1. The van der Waals surface area contributed by atoms with Gasteiger partial charge in [0.25, 0.3) is 0 Å². The first kappa shape index (κ1) is 54.1. The van der Waals surface area contributed by atoms with Crippen molar-refractivity contribution in [3.63, 3.8) is 0 Å². The van der Waals surface area contributed by atoms with Crippen LogP contribution in [0, 0.1) is 16.7 Å². The number of fused-ring (bicyclic) bond motifs is 11. The average Bonchev–Trinajstić information content (AvgIpc) is 1.53. The van der Waals surface area contributed by atoms with Gasteiger partial charge in [0, 0.05) is 50.1 Å². The first-order valence-electron chi connectivity index (χ1n) is 30.4. The number of nitrogens with one attached hydrogen (secondary N) is 2. The maximum absolute atomic E-state index is 10.0. The normalized spacial score (nSPS) is 13.0.